The van der Waals surface area contributed by atoms with Crippen LogP contribution in [0.1, 0.15) is 12.2 Å². The van der Waals surface area contributed by atoms with Gasteiger partial charge in [0.25, 0.3) is 0 Å². The molecular weight excluding hydrogens is 346 g/mol. The minimum Gasteiger partial charge on any atom is -0.341 e. The predicted octanol–water partition coefficient (Wildman–Crippen LogP) is 1.68. The Hall–Kier alpha value is -1.67. The summed E-state index contributed by atoms with van der Waals surface area (Å²) in [6.45, 7) is 1.83. The smallest absolute Gasteiger partial charge is 0.233 e. The fourth-order valence-corrected chi connectivity index (χ4v) is 5.55. The van der Waals surface area contributed by atoms with Crippen molar-refractivity contribution >= 4 is 38.4 Å². The van der Waals surface area contributed by atoms with Crippen LogP contribution in [0.2, 0.25) is 0 Å². The molecule has 2 aromatic rings. The number of para-hydroxylation sites is 1. The van der Waals surface area contributed by atoms with Crippen molar-refractivity contribution in [3.63, 3.8) is 0 Å². The highest BCUT2D eigenvalue weighted by Crippen LogP contribution is 2.26. The van der Waals surface area contributed by atoms with Crippen molar-refractivity contribution in [1.82, 2.24) is 14.9 Å². The quantitative estimate of drug-likeness (QED) is 0.606. The molecule has 8 heteroatoms. The van der Waals surface area contributed by atoms with E-state index in [0.29, 0.717) is 12.2 Å². The van der Waals surface area contributed by atoms with Gasteiger partial charge in [-0.2, -0.15) is 0 Å². The first-order chi connectivity index (χ1) is 11.4. The van der Waals surface area contributed by atoms with E-state index in [9.17, 15) is 13.2 Å². The summed E-state index contributed by atoms with van der Waals surface area (Å²) in [6.07, 6.45) is 0.519. The van der Waals surface area contributed by atoms with E-state index in [1.165, 1.54) is 11.8 Å². The molecule has 1 saturated heterocycles. The van der Waals surface area contributed by atoms with Gasteiger partial charge in [0, 0.05) is 18.5 Å². The van der Waals surface area contributed by atoms with Gasteiger partial charge in [0.1, 0.15) is 10.9 Å². The van der Waals surface area contributed by atoms with E-state index in [4.69, 9.17) is 0 Å². The van der Waals surface area contributed by atoms with Gasteiger partial charge in [-0.25, -0.2) is 18.4 Å². The Morgan fingerprint density at radius 1 is 1.33 bits per heavy atom. The summed E-state index contributed by atoms with van der Waals surface area (Å²) < 4.78 is 23.1. The number of hydrogen-bond acceptors (Lipinski definition) is 6. The fraction of sp³-hybridized carbons (Fsp3) is 0.438. The van der Waals surface area contributed by atoms with E-state index in [0.717, 1.165) is 15.9 Å². The monoisotopic (exact) mass is 365 g/mol. The highest BCUT2D eigenvalue weighted by Gasteiger charge is 2.32. The SMILES string of the molecule is Cc1nc(SCC(=O)N(C)C2CCS(=O)(=O)C2)c2ccccc2n1. The first-order valence-corrected chi connectivity index (χ1v) is 10.5. The Kier molecular flexibility index (Phi) is 4.78. The van der Waals surface area contributed by atoms with Crippen LogP contribution in [0.5, 0.6) is 0 Å². The van der Waals surface area contributed by atoms with Gasteiger partial charge in [-0.05, 0) is 19.4 Å². The number of rotatable bonds is 4. The van der Waals surface area contributed by atoms with Crippen molar-refractivity contribution in [2.45, 2.75) is 24.4 Å². The summed E-state index contributed by atoms with van der Waals surface area (Å²) in [5, 5.41) is 1.70. The van der Waals surface area contributed by atoms with Gasteiger partial charge in [0.2, 0.25) is 5.91 Å². The largest absolute Gasteiger partial charge is 0.341 e. The molecule has 24 heavy (non-hydrogen) atoms. The van der Waals surface area contributed by atoms with Crippen LogP contribution in [0.4, 0.5) is 0 Å². The number of aromatic nitrogens is 2. The van der Waals surface area contributed by atoms with Gasteiger partial charge in [-0.1, -0.05) is 30.0 Å². The Labute approximate surface area is 145 Å². The Bertz CT molecular complexity index is 883. The predicted molar refractivity (Wildman–Crippen MR) is 94.8 cm³/mol. The molecule has 1 atom stereocenters. The third kappa shape index (κ3) is 3.70. The number of fused-ring (bicyclic) bond motifs is 1. The summed E-state index contributed by atoms with van der Waals surface area (Å²) in [7, 11) is -1.32. The standard InChI is InChI=1S/C16H19N3O3S2/c1-11-17-14-6-4-3-5-13(14)16(18-11)23-9-15(20)19(2)12-7-8-24(21,22)10-12/h3-6,12H,7-10H2,1-2H3. The van der Waals surface area contributed by atoms with Crippen LogP contribution in [0.25, 0.3) is 10.9 Å². The van der Waals surface area contributed by atoms with Crippen molar-refractivity contribution < 1.29 is 13.2 Å². The molecule has 0 saturated carbocycles. The van der Waals surface area contributed by atoms with Crippen molar-refractivity contribution in [3.8, 4) is 0 Å². The van der Waals surface area contributed by atoms with Crippen molar-refractivity contribution in [1.29, 1.82) is 0 Å². The lowest BCUT2D eigenvalue weighted by Crippen LogP contribution is -2.38. The van der Waals surface area contributed by atoms with Gasteiger partial charge < -0.3 is 4.90 Å². The average Bonchev–Trinajstić information content (AvgIpc) is 2.91. The minimum absolute atomic E-state index is 0.0649. The topological polar surface area (TPSA) is 80.2 Å². The average molecular weight is 365 g/mol. The Morgan fingerprint density at radius 3 is 2.79 bits per heavy atom. The summed E-state index contributed by atoms with van der Waals surface area (Å²) in [6, 6.07) is 7.48. The summed E-state index contributed by atoms with van der Waals surface area (Å²) in [5.41, 5.74) is 0.857. The Balaban J connectivity index is 1.71. The van der Waals surface area contributed by atoms with Gasteiger partial charge in [0.15, 0.2) is 9.84 Å². The summed E-state index contributed by atoms with van der Waals surface area (Å²) in [4.78, 5) is 22.8. The second kappa shape index (κ2) is 6.68. The highest BCUT2D eigenvalue weighted by molar-refractivity contribution is 8.00. The van der Waals surface area contributed by atoms with E-state index in [2.05, 4.69) is 9.97 Å². The molecule has 0 spiro atoms. The number of amides is 1. The lowest BCUT2D eigenvalue weighted by molar-refractivity contribution is -0.128. The molecule has 0 aliphatic carbocycles. The summed E-state index contributed by atoms with van der Waals surface area (Å²) in [5.74, 6) is 1.04. The van der Waals surface area contributed by atoms with Crippen LogP contribution in [-0.4, -0.2) is 59.5 Å². The molecule has 1 aliphatic rings. The number of aryl methyl sites for hydroxylation is 1. The second-order valence-corrected chi connectivity index (χ2v) is 9.14. The molecule has 1 aromatic heterocycles. The molecule has 0 N–H and O–H groups in total. The second-order valence-electron chi connectivity index (χ2n) is 5.94. The fourth-order valence-electron chi connectivity index (χ4n) is 2.78. The minimum atomic E-state index is -3.00. The van der Waals surface area contributed by atoms with Gasteiger partial charge in [0.05, 0.1) is 22.8 Å². The van der Waals surface area contributed by atoms with Gasteiger partial charge >= 0.3 is 0 Å². The van der Waals surface area contributed by atoms with E-state index >= 15 is 0 Å². The zero-order valence-electron chi connectivity index (χ0n) is 13.6. The lowest BCUT2D eigenvalue weighted by atomic mass is 10.2. The van der Waals surface area contributed by atoms with Crippen molar-refractivity contribution in [3.05, 3.63) is 30.1 Å². The van der Waals surface area contributed by atoms with Crippen molar-refractivity contribution in [2.24, 2.45) is 0 Å². The van der Waals surface area contributed by atoms with Crippen LogP contribution in [0.15, 0.2) is 29.3 Å². The van der Waals surface area contributed by atoms with Crippen molar-refractivity contribution in [2.75, 3.05) is 24.3 Å². The van der Waals surface area contributed by atoms with Crippen LogP contribution in [-0.2, 0) is 14.6 Å². The normalized spacial score (nSPS) is 19.5. The molecule has 2 heterocycles. The van der Waals surface area contributed by atoms with Crippen LogP contribution in [0, 0.1) is 6.92 Å². The molecule has 3 rings (SSSR count). The molecular formula is C16H19N3O3S2. The summed E-state index contributed by atoms with van der Waals surface area (Å²) >= 11 is 1.37. The molecule has 1 aromatic carbocycles. The maximum absolute atomic E-state index is 12.4. The number of nitrogens with zero attached hydrogens (tertiary/aromatic N) is 3. The number of carbonyl (C=O) groups excluding carboxylic acids is 1. The van der Waals surface area contributed by atoms with E-state index < -0.39 is 9.84 Å². The third-order valence-electron chi connectivity index (χ3n) is 4.16. The zero-order chi connectivity index (χ0) is 17.3. The molecule has 1 amide bonds. The van der Waals surface area contributed by atoms with Crippen LogP contribution < -0.4 is 0 Å². The maximum atomic E-state index is 12.4. The molecule has 1 fully saturated rings. The first kappa shape index (κ1) is 17.2. The van der Waals surface area contributed by atoms with Crippen LogP contribution in [0.3, 0.4) is 0 Å². The maximum Gasteiger partial charge on any atom is 0.233 e. The van der Waals surface area contributed by atoms with E-state index in [1.807, 2.05) is 31.2 Å². The van der Waals surface area contributed by atoms with E-state index in [1.54, 1.807) is 11.9 Å². The molecule has 128 valence electrons. The lowest BCUT2D eigenvalue weighted by Gasteiger charge is -2.23. The number of hydrogen-bond donors (Lipinski definition) is 0. The van der Waals surface area contributed by atoms with Crippen LogP contribution >= 0.6 is 11.8 Å². The van der Waals surface area contributed by atoms with Gasteiger partial charge in [-0.3, -0.25) is 4.79 Å². The van der Waals surface area contributed by atoms with E-state index in [-0.39, 0.29) is 29.2 Å². The molecule has 1 unspecified atom stereocenters. The zero-order valence-corrected chi connectivity index (χ0v) is 15.2. The molecule has 0 bridgehead atoms. The molecule has 1 aliphatic heterocycles. The number of thioether (sulfide) groups is 1. The molecule has 6 nitrogen and oxygen atoms in total. The first-order valence-electron chi connectivity index (χ1n) is 7.68. The number of sulfone groups is 1. The number of benzene rings is 1. The van der Waals surface area contributed by atoms with Gasteiger partial charge in [-0.15, -0.1) is 0 Å². The third-order valence-corrected chi connectivity index (χ3v) is 6.89. The highest BCUT2D eigenvalue weighted by atomic mass is 32.2. The molecule has 0 radical (unpaired) electrons. The number of carbonyl (C=O) groups is 1. The Morgan fingerprint density at radius 2 is 2.08 bits per heavy atom.